The van der Waals surface area contributed by atoms with Crippen LogP contribution in [-0.4, -0.2) is 49.8 Å². The molecule has 54 heavy (non-hydrogen) atoms. The Morgan fingerprint density at radius 1 is 0.519 bits per heavy atom. The van der Waals surface area contributed by atoms with Crippen molar-refractivity contribution in [2.45, 2.75) is 77.7 Å². The molecule has 284 valence electrons. The van der Waals surface area contributed by atoms with E-state index in [0.29, 0.717) is 35.8 Å². The minimum Gasteiger partial charge on any atom is -0.494 e. The van der Waals surface area contributed by atoms with Crippen molar-refractivity contribution in [2.75, 3.05) is 19.8 Å². The van der Waals surface area contributed by atoms with Crippen LogP contribution in [0.1, 0.15) is 113 Å². The van der Waals surface area contributed by atoms with E-state index >= 15 is 0 Å². The lowest BCUT2D eigenvalue weighted by atomic mass is 9.85. The van der Waals surface area contributed by atoms with Gasteiger partial charge in [0.2, 0.25) is 0 Å². The normalized spacial score (nSPS) is 13.3. The van der Waals surface area contributed by atoms with Crippen LogP contribution in [-0.2, 0) is 9.47 Å². The smallest absolute Gasteiger partial charge is 0.343 e. The Kier molecular flexibility index (Phi) is 15.1. The number of ether oxygens (including phenoxy) is 6. The Morgan fingerprint density at radius 3 is 1.33 bits per heavy atom. The van der Waals surface area contributed by atoms with E-state index in [-0.39, 0.29) is 35.2 Å². The van der Waals surface area contributed by atoms with Gasteiger partial charge in [0.1, 0.15) is 35.7 Å². The maximum atomic E-state index is 13.3. The molecule has 5 rings (SSSR count). The fraction of sp³-hybridized carbons (Fsp3) is 0.364. The van der Waals surface area contributed by atoms with Crippen molar-refractivity contribution < 1.29 is 47.6 Å². The van der Waals surface area contributed by atoms with Gasteiger partial charge in [-0.05, 0) is 129 Å². The second-order valence-corrected chi connectivity index (χ2v) is 13.2. The van der Waals surface area contributed by atoms with E-state index in [4.69, 9.17) is 28.4 Å². The quantitative estimate of drug-likeness (QED) is 0.0554. The summed E-state index contributed by atoms with van der Waals surface area (Å²) in [6.07, 6.45) is 8.13. The Balaban J connectivity index is 1.12. The maximum absolute atomic E-state index is 13.3. The van der Waals surface area contributed by atoms with Gasteiger partial charge in [0.15, 0.2) is 0 Å². The van der Waals surface area contributed by atoms with Crippen LogP contribution in [0.15, 0.2) is 97.1 Å². The standard InChI is InChI=1S/C44H48O10/c1-3-5-28-49-36-20-12-33(13-21-36)42(46)52-38-24-16-32(17-25-38)41(45)51-30-40(31-10-8-7-9-11-31)54-44(48)35-18-26-39(27-19-35)53-43(47)34-14-22-37(23-15-34)50-29-6-4-2/h12-27,31,40H,3-11,28-30H2,1-2H3. The number of hydrogen-bond acceptors (Lipinski definition) is 10. The zero-order valence-corrected chi connectivity index (χ0v) is 31.0. The average molecular weight is 737 g/mol. The summed E-state index contributed by atoms with van der Waals surface area (Å²) in [5.41, 5.74) is 1.28. The molecule has 10 heteroatoms. The number of esters is 4. The highest BCUT2D eigenvalue weighted by atomic mass is 16.6. The first-order valence-electron chi connectivity index (χ1n) is 18.8. The van der Waals surface area contributed by atoms with Crippen LogP contribution in [0.2, 0.25) is 0 Å². The van der Waals surface area contributed by atoms with E-state index in [1.54, 1.807) is 48.5 Å². The second-order valence-electron chi connectivity index (χ2n) is 13.2. The van der Waals surface area contributed by atoms with Crippen LogP contribution in [0, 0.1) is 5.92 Å². The summed E-state index contributed by atoms with van der Waals surface area (Å²) in [6, 6.07) is 25.7. The minimum absolute atomic E-state index is 0.0397. The fourth-order valence-corrected chi connectivity index (χ4v) is 5.91. The molecule has 1 fully saturated rings. The van der Waals surface area contributed by atoms with E-state index in [2.05, 4.69) is 13.8 Å². The molecule has 0 heterocycles. The second kappa shape index (κ2) is 20.6. The van der Waals surface area contributed by atoms with Crippen LogP contribution in [0.5, 0.6) is 23.0 Å². The Labute approximate surface area is 316 Å². The molecule has 1 atom stereocenters. The van der Waals surface area contributed by atoms with Gasteiger partial charge in [-0.3, -0.25) is 0 Å². The summed E-state index contributed by atoms with van der Waals surface area (Å²) in [6.45, 7) is 5.30. The predicted octanol–water partition coefficient (Wildman–Crippen LogP) is 9.45. The summed E-state index contributed by atoms with van der Waals surface area (Å²) in [4.78, 5) is 51.6. The number of carbonyl (C=O) groups excluding carboxylic acids is 4. The molecule has 0 aliphatic heterocycles. The maximum Gasteiger partial charge on any atom is 0.343 e. The largest absolute Gasteiger partial charge is 0.494 e. The highest BCUT2D eigenvalue weighted by molar-refractivity contribution is 5.93. The first-order valence-corrected chi connectivity index (χ1v) is 18.8. The van der Waals surface area contributed by atoms with Gasteiger partial charge in [0, 0.05) is 0 Å². The minimum atomic E-state index is -0.642. The number of carbonyl (C=O) groups is 4. The van der Waals surface area contributed by atoms with Gasteiger partial charge in [0.25, 0.3) is 0 Å². The Bertz CT molecular complexity index is 1790. The molecule has 4 aromatic rings. The molecule has 1 aliphatic rings. The lowest BCUT2D eigenvalue weighted by Gasteiger charge is -2.29. The summed E-state index contributed by atoms with van der Waals surface area (Å²) in [5.74, 6) is -0.262. The van der Waals surface area contributed by atoms with Crippen molar-refractivity contribution >= 4 is 23.9 Å². The van der Waals surface area contributed by atoms with E-state index in [1.807, 2.05) is 0 Å². The topological polar surface area (TPSA) is 124 Å². The van der Waals surface area contributed by atoms with Gasteiger partial charge in [0.05, 0.1) is 35.5 Å². The van der Waals surface area contributed by atoms with Crippen molar-refractivity contribution in [1.29, 1.82) is 0 Å². The van der Waals surface area contributed by atoms with E-state index in [9.17, 15) is 19.2 Å². The van der Waals surface area contributed by atoms with Crippen molar-refractivity contribution in [2.24, 2.45) is 5.92 Å². The third-order valence-corrected chi connectivity index (χ3v) is 9.13. The monoisotopic (exact) mass is 736 g/mol. The Hall–Kier alpha value is -5.64. The highest BCUT2D eigenvalue weighted by Crippen LogP contribution is 2.29. The number of hydrogen-bond donors (Lipinski definition) is 0. The predicted molar refractivity (Wildman–Crippen MR) is 203 cm³/mol. The molecule has 0 radical (unpaired) electrons. The molecule has 1 unspecified atom stereocenters. The zero-order valence-electron chi connectivity index (χ0n) is 31.0. The van der Waals surface area contributed by atoms with Gasteiger partial charge in [-0.1, -0.05) is 46.0 Å². The first-order chi connectivity index (χ1) is 26.3. The fourth-order valence-electron chi connectivity index (χ4n) is 5.91. The molecule has 0 saturated heterocycles. The SMILES string of the molecule is CCCCOc1ccc(C(=O)Oc2ccc(C(=O)OCC(OC(=O)c3ccc(OC(=O)c4ccc(OCCCC)cc4)cc3)C3CCCCC3)cc2)cc1. The van der Waals surface area contributed by atoms with Gasteiger partial charge < -0.3 is 28.4 Å². The third kappa shape index (κ3) is 11.9. The molecule has 10 nitrogen and oxygen atoms in total. The number of rotatable bonds is 18. The molecule has 4 aromatic carbocycles. The van der Waals surface area contributed by atoms with Crippen LogP contribution in [0.4, 0.5) is 0 Å². The lowest BCUT2D eigenvalue weighted by Crippen LogP contribution is -2.33. The third-order valence-electron chi connectivity index (χ3n) is 9.13. The van der Waals surface area contributed by atoms with Gasteiger partial charge in [-0.2, -0.15) is 0 Å². The van der Waals surface area contributed by atoms with Gasteiger partial charge in [-0.15, -0.1) is 0 Å². The molecule has 0 aromatic heterocycles. The van der Waals surface area contributed by atoms with E-state index < -0.39 is 30.0 Å². The molecule has 1 saturated carbocycles. The molecular weight excluding hydrogens is 688 g/mol. The van der Waals surface area contributed by atoms with Crippen molar-refractivity contribution in [3.8, 4) is 23.0 Å². The van der Waals surface area contributed by atoms with Crippen LogP contribution in [0.3, 0.4) is 0 Å². The van der Waals surface area contributed by atoms with Crippen LogP contribution in [0.25, 0.3) is 0 Å². The molecule has 0 N–H and O–H groups in total. The summed E-state index contributed by atoms with van der Waals surface area (Å²) < 4.78 is 33.9. The van der Waals surface area contributed by atoms with Crippen LogP contribution < -0.4 is 18.9 Å². The molecule has 0 bridgehead atoms. The van der Waals surface area contributed by atoms with Gasteiger partial charge in [-0.25, -0.2) is 19.2 Å². The van der Waals surface area contributed by atoms with Crippen molar-refractivity contribution in [3.63, 3.8) is 0 Å². The molecule has 0 amide bonds. The molecule has 0 spiro atoms. The number of unbranched alkanes of at least 4 members (excludes halogenated alkanes) is 2. The van der Waals surface area contributed by atoms with E-state index in [0.717, 1.165) is 57.8 Å². The number of benzene rings is 4. The lowest BCUT2D eigenvalue weighted by molar-refractivity contribution is -0.0247. The average Bonchev–Trinajstić information content (AvgIpc) is 3.21. The molecule has 1 aliphatic carbocycles. The summed E-state index contributed by atoms with van der Waals surface area (Å²) in [5, 5.41) is 0. The Morgan fingerprint density at radius 2 is 0.907 bits per heavy atom. The summed E-state index contributed by atoms with van der Waals surface area (Å²) in [7, 11) is 0. The van der Waals surface area contributed by atoms with Crippen molar-refractivity contribution in [3.05, 3.63) is 119 Å². The van der Waals surface area contributed by atoms with E-state index in [1.165, 1.54) is 48.5 Å². The first kappa shape index (κ1) is 39.6. The van der Waals surface area contributed by atoms with Crippen LogP contribution >= 0.6 is 0 Å². The molecular formula is C44H48O10. The highest BCUT2D eigenvalue weighted by Gasteiger charge is 2.29. The zero-order chi connectivity index (χ0) is 38.1. The van der Waals surface area contributed by atoms with Gasteiger partial charge >= 0.3 is 23.9 Å². The van der Waals surface area contributed by atoms with Crippen molar-refractivity contribution in [1.82, 2.24) is 0 Å². The summed E-state index contributed by atoms with van der Waals surface area (Å²) >= 11 is 0.